The van der Waals surface area contributed by atoms with Crippen LogP contribution < -0.4 is 10.9 Å². The van der Waals surface area contributed by atoms with E-state index >= 15 is 0 Å². The lowest BCUT2D eigenvalue weighted by Gasteiger charge is -2.17. The number of halogens is 2. The predicted molar refractivity (Wildman–Crippen MR) is 103 cm³/mol. The van der Waals surface area contributed by atoms with Crippen LogP contribution in [-0.4, -0.2) is 33.8 Å². The van der Waals surface area contributed by atoms with Crippen LogP contribution in [0, 0.1) is 0 Å². The number of hydrogen-bond acceptors (Lipinski definition) is 4. The first-order valence-electron chi connectivity index (χ1n) is 7.84. The van der Waals surface area contributed by atoms with Crippen molar-refractivity contribution in [2.24, 2.45) is 0 Å². The first-order valence-corrected chi connectivity index (χ1v) is 8.59. The van der Waals surface area contributed by atoms with Gasteiger partial charge in [-0.3, -0.25) is 18.9 Å². The summed E-state index contributed by atoms with van der Waals surface area (Å²) in [4.78, 5) is 30.5. The fourth-order valence-corrected chi connectivity index (χ4v) is 3.05. The van der Waals surface area contributed by atoms with E-state index in [2.05, 4.69) is 10.3 Å². The molecule has 0 saturated heterocycles. The van der Waals surface area contributed by atoms with Gasteiger partial charge in [0.2, 0.25) is 5.91 Å². The zero-order valence-electron chi connectivity index (χ0n) is 13.9. The van der Waals surface area contributed by atoms with E-state index in [4.69, 9.17) is 23.2 Å². The normalized spacial score (nSPS) is 11.1. The van der Waals surface area contributed by atoms with Gasteiger partial charge in [0.25, 0.3) is 5.56 Å². The average molecular weight is 391 g/mol. The molecule has 8 heteroatoms. The maximum absolute atomic E-state index is 12.2. The lowest BCUT2D eigenvalue weighted by atomic mass is 10.3. The van der Waals surface area contributed by atoms with Crippen LogP contribution in [0.15, 0.2) is 53.5 Å². The Morgan fingerprint density at radius 1 is 1.19 bits per heavy atom. The number of rotatable bonds is 5. The van der Waals surface area contributed by atoms with Gasteiger partial charge in [0, 0.05) is 18.8 Å². The number of nitrogens with one attached hydrogen (secondary N) is 1. The molecule has 3 aromatic rings. The third-order valence-corrected chi connectivity index (χ3v) is 4.33. The number of para-hydroxylation sites is 1. The third kappa shape index (κ3) is 4.22. The minimum atomic E-state index is -0.264. The van der Waals surface area contributed by atoms with Crippen molar-refractivity contribution in [1.82, 2.24) is 14.3 Å². The minimum Gasteiger partial charge on any atom is -0.322 e. The van der Waals surface area contributed by atoms with Crippen molar-refractivity contribution in [2.75, 3.05) is 18.9 Å². The number of carbonyl (C=O) groups excluding carboxylic acids is 1. The van der Waals surface area contributed by atoms with E-state index in [1.165, 1.54) is 10.5 Å². The molecule has 0 bridgehead atoms. The summed E-state index contributed by atoms with van der Waals surface area (Å²) in [5.74, 6) is -0.264. The zero-order chi connectivity index (χ0) is 18.7. The van der Waals surface area contributed by atoms with Gasteiger partial charge in [-0.2, -0.15) is 0 Å². The molecule has 0 aliphatic heterocycles. The van der Waals surface area contributed by atoms with Gasteiger partial charge in [-0.1, -0.05) is 35.3 Å². The molecule has 0 saturated carbocycles. The molecule has 0 atom stereocenters. The number of amides is 1. The molecule has 1 N–H and O–H groups in total. The Balaban J connectivity index is 1.68. The van der Waals surface area contributed by atoms with Crippen LogP contribution in [0.5, 0.6) is 0 Å². The van der Waals surface area contributed by atoms with Gasteiger partial charge in [0.1, 0.15) is 5.65 Å². The molecule has 0 fully saturated rings. The number of aromatic nitrogens is 2. The number of pyridine rings is 1. The van der Waals surface area contributed by atoms with Crippen molar-refractivity contribution in [3.05, 3.63) is 74.8 Å². The molecule has 134 valence electrons. The molecular weight excluding hydrogens is 375 g/mol. The molecular formula is C18H16Cl2N4O2. The highest BCUT2D eigenvalue weighted by atomic mass is 35.5. The number of anilines is 1. The summed E-state index contributed by atoms with van der Waals surface area (Å²) in [5.41, 5.74) is 1.38. The highest BCUT2D eigenvalue weighted by Crippen LogP contribution is 2.29. The van der Waals surface area contributed by atoms with E-state index in [0.29, 0.717) is 33.6 Å². The van der Waals surface area contributed by atoms with Crippen LogP contribution in [0.2, 0.25) is 10.0 Å². The monoisotopic (exact) mass is 390 g/mol. The maximum atomic E-state index is 12.2. The van der Waals surface area contributed by atoms with Crippen molar-refractivity contribution >= 4 is 40.4 Å². The van der Waals surface area contributed by atoms with Gasteiger partial charge in [0.15, 0.2) is 0 Å². The van der Waals surface area contributed by atoms with E-state index in [9.17, 15) is 9.59 Å². The lowest BCUT2D eigenvalue weighted by molar-refractivity contribution is -0.117. The Kier molecular flexibility index (Phi) is 5.56. The second kappa shape index (κ2) is 7.86. The second-order valence-corrected chi connectivity index (χ2v) is 6.65. The SMILES string of the molecule is CN(CC(=O)Nc1c(Cl)cccc1Cl)Cc1cc(=O)n2ccccc2n1. The topological polar surface area (TPSA) is 66.7 Å². The third-order valence-electron chi connectivity index (χ3n) is 3.70. The Morgan fingerprint density at radius 2 is 1.92 bits per heavy atom. The lowest BCUT2D eigenvalue weighted by Crippen LogP contribution is -2.31. The second-order valence-electron chi connectivity index (χ2n) is 5.83. The highest BCUT2D eigenvalue weighted by molar-refractivity contribution is 6.39. The van der Waals surface area contributed by atoms with Crippen LogP contribution in [0.25, 0.3) is 5.65 Å². The minimum absolute atomic E-state index is 0.0946. The standard InChI is InChI=1S/C18H16Cl2N4O2/c1-23(11-16(25)22-18-13(19)5-4-6-14(18)20)10-12-9-17(26)24-8-3-2-7-15(24)21-12/h2-9H,10-11H2,1H3,(H,22,25). The predicted octanol–water partition coefficient (Wildman–Crippen LogP) is 3.07. The first kappa shape index (κ1) is 18.4. The van der Waals surface area contributed by atoms with Crippen LogP contribution in [0.1, 0.15) is 5.69 Å². The van der Waals surface area contributed by atoms with Crippen molar-refractivity contribution in [3.63, 3.8) is 0 Å². The quantitative estimate of drug-likeness (QED) is 0.726. The summed E-state index contributed by atoms with van der Waals surface area (Å²) in [5, 5.41) is 3.45. The number of hydrogen-bond donors (Lipinski definition) is 1. The fraction of sp³-hybridized carbons (Fsp3) is 0.167. The number of carbonyl (C=O) groups is 1. The summed E-state index contributed by atoms with van der Waals surface area (Å²) in [6.07, 6.45) is 1.67. The number of fused-ring (bicyclic) bond motifs is 1. The average Bonchev–Trinajstić information content (AvgIpc) is 2.58. The molecule has 26 heavy (non-hydrogen) atoms. The van der Waals surface area contributed by atoms with E-state index in [1.807, 2.05) is 6.07 Å². The Bertz CT molecular complexity index is 999. The molecule has 2 aromatic heterocycles. The van der Waals surface area contributed by atoms with Crippen molar-refractivity contribution in [2.45, 2.75) is 6.54 Å². The summed E-state index contributed by atoms with van der Waals surface area (Å²) in [7, 11) is 1.77. The molecule has 0 radical (unpaired) electrons. The van der Waals surface area contributed by atoms with Crippen LogP contribution in [0.3, 0.4) is 0 Å². The molecule has 1 amide bonds. The zero-order valence-corrected chi connectivity index (χ0v) is 15.5. The Hall–Kier alpha value is -2.41. The number of nitrogens with zero attached hydrogens (tertiary/aromatic N) is 3. The van der Waals surface area contributed by atoms with Gasteiger partial charge >= 0.3 is 0 Å². The molecule has 3 rings (SSSR count). The van der Waals surface area contributed by atoms with Crippen LogP contribution in [-0.2, 0) is 11.3 Å². The highest BCUT2D eigenvalue weighted by Gasteiger charge is 2.13. The van der Waals surface area contributed by atoms with Crippen molar-refractivity contribution < 1.29 is 4.79 Å². The van der Waals surface area contributed by atoms with E-state index in [0.717, 1.165) is 0 Å². The van der Waals surface area contributed by atoms with Gasteiger partial charge in [-0.25, -0.2) is 4.98 Å². The maximum Gasteiger partial charge on any atom is 0.258 e. The molecule has 0 unspecified atom stereocenters. The van der Waals surface area contributed by atoms with Crippen LogP contribution in [0.4, 0.5) is 5.69 Å². The van der Waals surface area contributed by atoms with Gasteiger partial charge in [-0.05, 0) is 31.3 Å². The molecule has 0 spiro atoms. The van der Waals surface area contributed by atoms with E-state index in [1.54, 1.807) is 48.5 Å². The van der Waals surface area contributed by atoms with Gasteiger partial charge in [-0.15, -0.1) is 0 Å². The Labute approximate surface area is 160 Å². The number of likely N-dealkylation sites (N-methyl/N-ethyl adjacent to an activating group) is 1. The fourth-order valence-electron chi connectivity index (χ4n) is 2.56. The summed E-state index contributed by atoms with van der Waals surface area (Å²) in [6, 6.07) is 11.8. The van der Waals surface area contributed by atoms with Gasteiger partial charge < -0.3 is 5.32 Å². The summed E-state index contributed by atoms with van der Waals surface area (Å²) >= 11 is 12.1. The molecule has 2 heterocycles. The van der Waals surface area contributed by atoms with Crippen molar-refractivity contribution in [3.8, 4) is 0 Å². The summed E-state index contributed by atoms with van der Waals surface area (Å²) < 4.78 is 1.47. The van der Waals surface area contributed by atoms with E-state index in [-0.39, 0.29) is 18.0 Å². The largest absolute Gasteiger partial charge is 0.322 e. The number of benzene rings is 1. The summed E-state index contributed by atoms with van der Waals surface area (Å²) in [6.45, 7) is 0.446. The molecule has 1 aromatic carbocycles. The van der Waals surface area contributed by atoms with Crippen molar-refractivity contribution in [1.29, 1.82) is 0 Å². The smallest absolute Gasteiger partial charge is 0.258 e. The van der Waals surface area contributed by atoms with E-state index < -0.39 is 0 Å². The van der Waals surface area contributed by atoms with Crippen LogP contribution >= 0.6 is 23.2 Å². The first-order chi connectivity index (χ1) is 12.4. The molecule has 6 nitrogen and oxygen atoms in total. The van der Waals surface area contributed by atoms with Gasteiger partial charge in [0.05, 0.1) is 28.0 Å². The molecule has 0 aliphatic carbocycles. The Morgan fingerprint density at radius 3 is 2.65 bits per heavy atom. The molecule has 0 aliphatic rings.